The van der Waals surface area contributed by atoms with E-state index < -0.39 is 5.54 Å². The van der Waals surface area contributed by atoms with Crippen LogP contribution in [0, 0.1) is 0 Å². The quantitative estimate of drug-likeness (QED) is 0.761. The topological polar surface area (TPSA) is 55.1 Å². The Balaban J connectivity index is 1.86. The van der Waals surface area contributed by atoms with Gasteiger partial charge in [-0.15, -0.1) is 11.8 Å². The van der Waals surface area contributed by atoms with Crippen molar-refractivity contribution in [2.75, 3.05) is 5.75 Å². The molecule has 1 fully saturated rings. The number of amides is 1. The molecule has 0 spiro atoms. The first-order valence-electron chi connectivity index (χ1n) is 6.45. The Bertz CT molecular complexity index is 465. The summed E-state index contributed by atoms with van der Waals surface area (Å²) >= 11 is 7.64. The highest BCUT2D eigenvalue weighted by atomic mass is 35.5. The standard InChI is InChI=1S/C14H19ClN2OS/c1-14(13(16)18,17-11-5-6-11)7-8-19-12-4-2-3-10(15)9-12/h2-4,9,11,17H,5-8H2,1H3,(H2,16,18). The number of hydrogen-bond acceptors (Lipinski definition) is 3. The summed E-state index contributed by atoms with van der Waals surface area (Å²) in [6, 6.07) is 8.21. The Morgan fingerprint density at radius 3 is 2.89 bits per heavy atom. The monoisotopic (exact) mass is 298 g/mol. The lowest BCUT2D eigenvalue weighted by Crippen LogP contribution is -2.54. The van der Waals surface area contributed by atoms with E-state index in [4.69, 9.17) is 17.3 Å². The van der Waals surface area contributed by atoms with Gasteiger partial charge in [0, 0.05) is 21.7 Å². The number of hydrogen-bond donors (Lipinski definition) is 2. The second-order valence-electron chi connectivity index (χ2n) is 5.17. The van der Waals surface area contributed by atoms with Crippen LogP contribution in [-0.2, 0) is 4.79 Å². The second kappa shape index (κ2) is 6.16. The van der Waals surface area contributed by atoms with Crippen LogP contribution in [0.5, 0.6) is 0 Å². The fourth-order valence-corrected chi connectivity index (χ4v) is 3.26. The summed E-state index contributed by atoms with van der Waals surface area (Å²) in [6.45, 7) is 1.90. The van der Waals surface area contributed by atoms with Crippen molar-refractivity contribution in [1.29, 1.82) is 0 Å². The third-order valence-electron chi connectivity index (χ3n) is 3.31. The minimum atomic E-state index is -0.604. The van der Waals surface area contributed by atoms with Crippen molar-refractivity contribution in [2.24, 2.45) is 5.73 Å². The zero-order valence-corrected chi connectivity index (χ0v) is 12.6. The fourth-order valence-electron chi connectivity index (χ4n) is 1.87. The highest BCUT2D eigenvalue weighted by Gasteiger charge is 2.36. The zero-order chi connectivity index (χ0) is 13.9. The Hall–Kier alpha value is -0.710. The van der Waals surface area contributed by atoms with Gasteiger partial charge in [-0.3, -0.25) is 4.79 Å². The van der Waals surface area contributed by atoms with Crippen molar-refractivity contribution in [3.63, 3.8) is 0 Å². The number of rotatable bonds is 7. The average Bonchev–Trinajstić information content (AvgIpc) is 3.12. The average molecular weight is 299 g/mol. The highest BCUT2D eigenvalue weighted by molar-refractivity contribution is 7.99. The van der Waals surface area contributed by atoms with Gasteiger partial charge in [-0.05, 0) is 44.4 Å². The molecule has 1 aliphatic rings. The molecule has 0 saturated heterocycles. The molecule has 2 rings (SSSR count). The maximum atomic E-state index is 11.6. The fraction of sp³-hybridized carbons (Fsp3) is 0.500. The number of benzene rings is 1. The van der Waals surface area contributed by atoms with E-state index in [2.05, 4.69) is 5.32 Å². The van der Waals surface area contributed by atoms with Crippen LogP contribution in [0.25, 0.3) is 0 Å². The van der Waals surface area contributed by atoms with Crippen molar-refractivity contribution in [1.82, 2.24) is 5.32 Å². The summed E-state index contributed by atoms with van der Waals surface area (Å²) < 4.78 is 0. The minimum Gasteiger partial charge on any atom is -0.368 e. The molecule has 19 heavy (non-hydrogen) atoms. The van der Waals surface area contributed by atoms with Gasteiger partial charge >= 0.3 is 0 Å². The minimum absolute atomic E-state index is 0.272. The van der Waals surface area contributed by atoms with Crippen LogP contribution >= 0.6 is 23.4 Å². The third kappa shape index (κ3) is 4.41. The maximum absolute atomic E-state index is 11.6. The number of halogens is 1. The van der Waals surface area contributed by atoms with E-state index in [9.17, 15) is 4.79 Å². The molecule has 1 unspecified atom stereocenters. The van der Waals surface area contributed by atoms with Crippen molar-refractivity contribution < 1.29 is 4.79 Å². The first-order valence-corrected chi connectivity index (χ1v) is 7.82. The van der Waals surface area contributed by atoms with Crippen LogP contribution in [0.3, 0.4) is 0 Å². The van der Waals surface area contributed by atoms with E-state index in [-0.39, 0.29) is 5.91 Å². The summed E-state index contributed by atoms with van der Waals surface area (Å²) in [4.78, 5) is 12.7. The molecular weight excluding hydrogens is 280 g/mol. The smallest absolute Gasteiger partial charge is 0.237 e. The van der Waals surface area contributed by atoms with E-state index >= 15 is 0 Å². The van der Waals surface area contributed by atoms with E-state index in [0.717, 1.165) is 34.9 Å². The van der Waals surface area contributed by atoms with Gasteiger partial charge in [0.2, 0.25) is 5.91 Å². The van der Waals surface area contributed by atoms with E-state index in [1.807, 2.05) is 31.2 Å². The Labute approximate surface area is 123 Å². The maximum Gasteiger partial charge on any atom is 0.237 e. The van der Waals surface area contributed by atoms with Gasteiger partial charge in [-0.25, -0.2) is 0 Å². The molecule has 5 heteroatoms. The van der Waals surface area contributed by atoms with E-state index in [1.165, 1.54) is 0 Å². The molecule has 3 nitrogen and oxygen atoms in total. The molecule has 1 aromatic rings. The SMILES string of the molecule is CC(CCSc1cccc(Cl)c1)(NC1CC1)C(N)=O. The predicted molar refractivity (Wildman–Crippen MR) is 80.6 cm³/mol. The number of thioether (sulfide) groups is 1. The van der Waals surface area contributed by atoms with Gasteiger partial charge in [0.15, 0.2) is 0 Å². The van der Waals surface area contributed by atoms with Crippen molar-refractivity contribution in [2.45, 2.75) is 42.7 Å². The zero-order valence-electron chi connectivity index (χ0n) is 11.0. The first kappa shape index (κ1) is 14.7. The number of nitrogens with one attached hydrogen (secondary N) is 1. The van der Waals surface area contributed by atoms with Crippen molar-refractivity contribution in [3.8, 4) is 0 Å². The number of carbonyl (C=O) groups excluding carboxylic acids is 1. The molecule has 0 heterocycles. The number of carbonyl (C=O) groups is 1. The van der Waals surface area contributed by atoms with Gasteiger partial charge in [0.25, 0.3) is 0 Å². The van der Waals surface area contributed by atoms with Crippen LogP contribution in [0.15, 0.2) is 29.2 Å². The molecule has 1 amide bonds. The molecule has 0 aliphatic heterocycles. The summed E-state index contributed by atoms with van der Waals surface area (Å²) in [5, 5.41) is 4.09. The van der Waals surface area contributed by atoms with Crippen LogP contribution < -0.4 is 11.1 Å². The molecule has 0 radical (unpaired) electrons. The molecule has 1 aromatic carbocycles. The highest BCUT2D eigenvalue weighted by Crippen LogP contribution is 2.27. The Morgan fingerprint density at radius 2 is 2.32 bits per heavy atom. The van der Waals surface area contributed by atoms with E-state index in [0.29, 0.717) is 6.04 Å². The van der Waals surface area contributed by atoms with Crippen LogP contribution in [0.1, 0.15) is 26.2 Å². The molecule has 1 atom stereocenters. The molecular formula is C14H19ClN2OS. The lowest BCUT2D eigenvalue weighted by atomic mass is 9.98. The van der Waals surface area contributed by atoms with Gasteiger partial charge < -0.3 is 11.1 Å². The van der Waals surface area contributed by atoms with E-state index in [1.54, 1.807) is 11.8 Å². The Kier molecular flexibility index (Phi) is 4.76. The molecule has 3 N–H and O–H groups in total. The molecule has 1 aliphatic carbocycles. The summed E-state index contributed by atoms with van der Waals surface area (Å²) in [6.07, 6.45) is 3.00. The van der Waals surface area contributed by atoms with Crippen molar-refractivity contribution >= 4 is 29.3 Å². The van der Waals surface area contributed by atoms with Gasteiger partial charge in [0.05, 0.1) is 5.54 Å². The number of primary amides is 1. The predicted octanol–water partition coefficient (Wildman–Crippen LogP) is 2.82. The number of nitrogens with two attached hydrogens (primary N) is 1. The summed E-state index contributed by atoms with van der Waals surface area (Å²) in [5.74, 6) is 0.561. The van der Waals surface area contributed by atoms with Gasteiger partial charge in [0.1, 0.15) is 0 Å². The molecule has 0 aromatic heterocycles. The molecule has 1 saturated carbocycles. The van der Waals surface area contributed by atoms with Gasteiger partial charge in [-0.2, -0.15) is 0 Å². The van der Waals surface area contributed by atoms with Crippen molar-refractivity contribution in [3.05, 3.63) is 29.3 Å². The summed E-state index contributed by atoms with van der Waals surface area (Å²) in [7, 11) is 0. The molecule has 104 valence electrons. The summed E-state index contributed by atoms with van der Waals surface area (Å²) in [5.41, 5.74) is 4.91. The first-order chi connectivity index (χ1) is 8.99. The van der Waals surface area contributed by atoms with Gasteiger partial charge in [-0.1, -0.05) is 17.7 Å². The van der Waals surface area contributed by atoms with Crippen LogP contribution in [-0.4, -0.2) is 23.2 Å². The molecule has 0 bridgehead atoms. The largest absolute Gasteiger partial charge is 0.368 e. The van der Waals surface area contributed by atoms with Crippen LogP contribution in [0.2, 0.25) is 5.02 Å². The van der Waals surface area contributed by atoms with Crippen LogP contribution in [0.4, 0.5) is 0 Å². The lowest BCUT2D eigenvalue weighted by molar-refractivity contribution is -0.124. The Morgan fingerprint density at radius 1 is 1.58 bits per heavy atom. The lowest BCUT2D eigenvalue weighted by Gasteiger charge is -2.27. The second-order valence-corrected chi connectivity index (χ2v) is 6.78. The third-order valence-corrected chi connectivity index (χ3v) is 4.54. The normalized spacial score (nSPS) is 18.0.